The van der Waals surface area contributed by atoms with Crippen molar-refractivity contribution >= 4 is 13.7 Å². The van der Waals surface area contributed by atoms with E-state index < -0.39 is 13.4 Å². The lowest BCUT2D eigenvalue weighted by Gasteiger charge is -2.15. The Hall–Kier alpha value is -1.47. The van der Waals surface area contributed by atoms with E-state index >= 15 is 0 Å². The van der Waals surface area contributed by atoms with Crippen LogP contribution in [0, 0.1) is 17.1 Å². The standard InChI is InChI=1S/C13H15FNO3P/c1-3-17-19(16,18-4-2)13(10-15)9-11-6-5-7-12(14)8-11/h5-9H,3-4H2,1-2H3/b13-9-. The quantitative estimate of drug-likeness (QED) is 0.585. The second kappa shape index (κ2) is 7.20. The molecule has 1 rings (SSSR count). The first kappa shape index (κ1) is 15.6. The summed E-state index contributed by atoms with van der Waals surface area (Å²) in [5, 5.41) is 8.96. The van der Waals surface area contributed by atoms with Gasteiger partial charge in [0.15, 0.2) is 0 Å². The van der Waals surface area contributed by atoms with Crippen molar-refractivity contribution < 1.29 is 18.0 Å². The minimum absolute atomic E-state index is 0.137. The maximum absolute atomic E-state index is 13.1. The maximum Gasteiger partial charge on any atom is 0.371 e. The van der Waals surface area contributed by atoms with Gasteiger partial charge in [-0.05, 0) is 37.6 Å². The van der Waals surface area contributed by atoms with Crippen molar-refractivity contribution in [1.82, 2.24) is 0 Å². The molecule has 0 spiro atoms. The van der Waals surface area contributed by atoms with Crippen LogP contribution in [-0.4, -0.2) is 13.2 Å². The van der Waals surface area contributed by atoms with Crippen LogP contribution in [0.3, 0.4) is 0 Å². The molecule has 0 amide bonds. The van der Waals surface area contributed by atoms with Crippen LogP contribution in [0.15, 0.2) is 29.6 Å². The summed E-state index contributed by atoms with van der Waals surface area (Å²) in [6, 6.07) is 7.43. The number of nitrogens with zero attached hydrogens (tertiary/aromatic N) is 1. The summed E-state index contributed by atoms with van der Waals surface area (Å²) in [6.07, 6.45) is 1.31. The Balaban J connectivity index is 3.18. The molecule has 6 heteroatoms. The van der Waals surface area contributed by atoms with Crippen molar-refractivity contribution in [3.8, 4) is 6.07 Å². The molecule has 0 heterocycles. The van der Waals surface area contributed by atoms with Crippen molar-refractivity contribution in [1.29, 1.82) is 5.26 Å². The molecule has 0 atom stereocenters. The molecule has 0 fully saturated rings. The molecular formula is C13H15FNO3P. The zero-order valence-corrected chi connectivity index (χ0v) is 11.7. The molecule has 0 aliphatic heterocycles. The van der Waals surface area contributed by atoms with Gasteiger partial charge in [-0.3, -0.25) is 4.57 Å². The molecule has 0 aromatic heterocycles. The van der Waals surface area contributed by atoms with Gasteiger partial charge in [0.25, 0.3) is 0 Å². The summed E-state index contributed by atoms with van der Waals surface area (Å²) >= 11 is 0. The number of allylic oxidation sites excluding steroid dienone is 1. The van der Waals surface area contributed by atoms with Gasteiger partial charge >= 0.3 is 7.60 Å². The molecule has 4 nitrogen and oxygen atoms in total. The highest BCUT2D eigenvalue weighted by molar-refractivity contribution is 7.59. The van der Waals surface area contributed by atoms with Crippen LogP contribution in [0.5, 0.6) is 0 Å². The number of hydrogen-bond acceptors (Lipinski definition) is 4. The zero-order chi connectivity index (χ0) is 14.3. The molecule has 1 aromatic carbocycles. The van der Waals surface area contributed by atoms with Crippen LogP contribution in [-0.2, 0) is 13.6 Å². The molecule has 0 saturated carbocycles. The van der Waals surface area contributed by atoms with Crippen LogP contribution in [0.2, 0.25) is 0 Å². The lowest BCUT2D eigenvalue weighted by Crippen LogP contribution is -1.97. The lowest BCUT2D eigenvalue weighted by molar-refractivity contribution is 0.227. The molecule has 1 aromatic rings. The van der Waals surface area contributed by atoms with Gasteiger partial charge in [-0.15, -0.1) is 0 Å². The summed E-state index contributed by atoms with van der Waals surface area (Å²) in [7, 11) is -3.63. The fourth-order valence-electron chi connectivity index (χ4n) is 1.44. The molecular weight excluding hydrogens is 268 g/mol. The Labute approximate surface area is 112 Å². The van der Waals surface area contributed by atoms with Gasteiger partial charge in [-0.25, -0.2) is 4.39 Å². The fourth-order valence-corrected chi connectivity index (χ4v) is 2.91. The van der Waals surface area contributed by atoms with E-state index in [1.54, 1.807) is 26.0 Å². The van der Waals surface area contributed by atoms with Gasteiger partial charge in [0.1, 0.15) is 17.2 Å². The Morgan fingerprint density at radius 2 is 2.05 bits per heavy atom. The van der Waals surface area contributed by atoms with Crippen LogP contribution >= 0.6 is 7.60 Å². The maximum atomic E-state index is 13.1. The molecule has 102 valence electrons. The minimum atomic E-state index is -3.63. The van der Waals surface area contributed by atoms with Crippen LogP contribution in [0.25, 0.3) is 6.08 Å². The topological polar surface area (TPSA) is 59.3 Å². The van der Waals surface area contributed by atoms with E-state index in [9.17, 15) is 8.96 Å². The average Bonchev–Trinajstić information content (AvgIpc) is 2.36. The SMILES string of the molecule is CCOP(=O)(OCC)/C(C#N)=C\c1cccc(F)c1. The van der Waals surface area contributed by atoms with Gasteiger partial charge in [0, 0.05) is 0 Å². The van der Waals surface area contributed by atoms with E-state index in [0.29, 0.717) is 5.56 Å². The first-order chi connectivity index (χ1) is 9.05. The molecule has 19 heavy (non-hydrogen) atoms. The van der Waals surface area contributed by atoms with Gasteiger partial charge in [-0.2, -0.15) is 5.26 Å². The third kappa shape index (κ3) is 4.29. The van der Waals surface area contributed by atoms with Crippen molar-refractivity contribution in [2.75, 3.05) is 13.2 Å². The van der Waals surface area contributed by atoms with Crippen molar-refractivity contribution in [3.63, 3.8) is 0 Å². The number of nitriles is 1. The molecule has 0 N–H and O–H groups in total. The Bertz CT molecular complexity index is 541. The predicted octanol–water partition coefficient (Wildman–Crippen LogP) is 3.96. The molecule has 0 saturated heterocycles. The third-order valence-corrected chi connectivity index (χ3v) is 4.18. The van der Waals surface area contributed by atoms with Gasteiger partial charge < -0.3 is 9.05 Å². The molecule has 0 aliphatic rings. The summed E-state index contributed by atoms with van der Waals surface area (Å²) in [6.45, 7) is 3.62. The normalized spacial score (nSPS) is 12.2. The van der Waals surface area contributed by atoms with Crippen molar-refractivity contribution in [3.05, 3.63) is 41.0 Å². The van der Waals surface area contributed by atoms with Gasteiger partial charge in [0.2, 0.25) is 0 Å². The summed E-state index contributed by atoms with van der Waals surface area (Å²) in [4.78, 5) is 0. The molecule has 0 radical (unpaired) electrons. The smallest absolute Gasteiger partial charge is 0.305 e. The third-order valence-electron chi connectivity index (χ3n) is 2.16. The Morgan fingerprint density at radius 3 is 2.53 bits per heavy atom. The zero-order valence-electron chi connectivity index (χ0n) is 10.8. The fraction of sp³-hybridized carbons (Fsp3) is 0.308. The van der Waals surface area contributed by atoms with Crippen LogP contribution < -0.4 is 0 Å². The highest BCUT2D eigenvalue weighted by Crippen LogP contribution is 2.56. The van der Waals surface area contributed by atoms with E-state index in [4.69, 9.17) is 14.3 Å². The molecule has 0 aliphatic carbocycles. The lowest BCUT2D eigenvalue weighted by atomic mass is 10.2. The monoisotopic (exact) mass is 283 g/mol. The Kier molecular flexibility index (Phi) is 5.91. The minimum Gasteiger partial charge on any atom is -0.305 e. The molecule has 0 unspecified atom stereocenters. The highest BCUT2D eigenvalue weighted by Gasteiger charge is 2.29. The van der Waals surface area contributed by atoms with E-state index in [0.717, 1.165) is 0 Å². The van der Waals surface area contributed by atoms with E-state index in [-0.39, 0.29) is 18.5 Å². The van der Waals surface area contributed by atoms with Crippen molar-refractivity contribution in [2.45, 2.75) is 13.8 Å². The highest BCUT2D eigenvalue weighted by atomic mass is 31.2. The van der Waals surface area contributed by atoms with Gasteiger partial charge in [-0.1, -0.05) is 12.1 Å². The van der Waals surface area contributed by atoms with E-state index in [1.807, 2.05) is 0 Å². The van der Waals surface area contributed by atoms with Gasteiger partial charge in [0.05, 0.1) is 13.2 Å². The van der Waals surface area contributed by atoms with E-state index in [2.05, 4.69) is 0 Å². The van der Waals surface area contributed by atoms with Crippen molar-refractivity contribution in [2.24, 2.45) is 0 Å². The summed E-state index contributed by atoms with van der Waals surface area (Å²) in [5.41, 5.74) is 0.427. The van der Waals surface area contributed by atoms with E-state index in [1.165, 1.54) is 24.3 Å². The number of rotatable bonds is 6. The average molecular weight is 283 g/mol. The largest absolute Gasteiger partial charge is 0.371 e. The molecule has 0 bridgehead atoms. The summed E-state index contributed by atoms with van der Waals surface area (Å²) < 4.78 is 35.6. The summed E-state index contributed by atoms with van der Waals surface area (Å²) in [5.74, 6) is -0.436. The number of hydrogen-bond donors (Lipinski definition) is 0. The number of benzene rings is 1. The van der Waals surface area contributed by atoms with Crippen LogP contribution in [0.4, 0.5) is 4.39 Å². The van der Waals surface area contributed by atoms with Crippen LogP contribution in [0.1, 0.15) is 19.4 Å². The second-order valence-electron chi connectivity index (χ2n) is 3.53. The Morgan fingerprint density at radius 1 is 1.42 bits per heavy atom. The first-order valence-corrected chi connectivity index (χ1v) is 7.37. The first-order valence-electron chi connectivity index (χ1n) is 5.82. The number of halogens is 1. The second-order valence-corrected chi connectivity index (χ2v) is 5.52. The predicted molar refractivity (Wildman–Crippen MR) is 70.8 cm³/mol.